The summed E-state index contributed by atoms with van der Waals surface area (Å²) >= 11 is 0. The summed E-state index contributed by atoms with van der Waals surface area (Å²) in [6.45, 7) is 0.151. The molecule has 2 atom stereocenters. The van der Waals surface area contributed by atoms with E-state index in [4.69, 9.17) is 4.42 Å². The zero-order valence-electron chi connectivity index (χ0n) is 11.6. The molecular weight excluding hydrogens is 250 g/mol. The Morgan fingerprint density at radius 2 is 2.10 bits per heavy atom. The molecule has 0 saturated carbocycles. The maximum atomic E-state index is 9.63. The predicted molar refractivity (Wildman–Crippen MR) is 78.5 cm³/mol. The van der Waals surface area contributed by atoms with Crippen molar-refractivity contribution in [2.75, 3.05) is 6.61 Å². The van der Waals surface area contributed by atoms with Gasteiger partial charge in [0.15, 0.2) is 0 Å². The Morgan fingerprint density at radius 1 is 1.25 bits per heavy atom. The first kappa shape index (κ1) is 13.4. The maximum absolute atomic E-state index is 9.63. The highest BCUT2D eigenvalue weighted by atomic mass is 16.3. The Morgan fingerprint density at radius 3 is 2.90 bits per heavy atom. The quantitative estimate of drug-likeness (QED) is 0.879. The van der Waals surface area contributed by atoms with Crippen molar-refractivity contribution < 1.29 is 9.52 Å². The average Bonchev–Trinajstić information content (AvgIpc) is 2.97. The summed E-state index contributed by atoms with van der Waals surface area (Å²) in [7, 11) is 0. The van der Waals surface area contributed by atoms with Crippen LogP contribution < -0.4 is 5.32 Å². The first-order chi connectivity index (χ1) is 9.86. The first-order valence-electron chi connectivity index (χ1n) is 7.34. The minimum Gasteiger partial charge on any atom is -0.469 e. The van der Waals surface area contributed by atoms with E-state index in [1.807, 2.05) is 18.2 Å². The topological polar surface area (TPSA) is 45.4 Å². The van der Waals surface area contributed by atoms with Crippen molar-refractivity contribution in [1.82, 2.24) is 5.32 Å². The fraction of sp³-hybridized carbons (Fsp3) is 0.412. The van der Waals surface area contributed by atoms with Crippen molar-refractivity contribution in [2.45, 2.75) is 37.8 Å². The number of nitrogens with one attached hydrogen (secondary N) is 1. The fourth-order valence-electron chi connectivity index (χ4n) is 3.02. The number of aryl methyl sites for hydroxylation is 1. The van der Waals surface area contributed by atoms with E-state index in [-0.39, 0.29) is 12.6 Å². The van der Waals surface area contributed by atoms with Gasteiger partial charge in [0.05, 0.1) is 12.9 Å². The summed E-state index contributed by atoms with van der Waals surface area (Å²) in [5, 5.41) is 13.2. The third-order valence-corrected chi connectivity index (χ3v) is 4.03. The van der Waals surface area contributed by atoms with Gasteiger partial charge in [0, 0.05) is 24.1 Å². The van der Waals surface area contributed by atoms with E-state index in [1.165, 1.54) is 11.1 Å². The van der Waals surface area contributed by atoms with Crippen molar-refractivity contribution in [3.63, 3.8) is 0 Å². The molecule has 0 saturated heterocycles. The molecule has 0 amide bonds. The highest BCUT2D eigenvalue weighted by Gasteiger charge is 2.24. The molecule has 2 unspecified atom stereocenters. The second kappa shape index (κ2) is 6.25. The van der Waals surface area contributed by atoms with Crippen LogP contribution in [-0.4, -0.2) is 17.8 Å². The van der Waals surface area contributed by atoms with Gasteiger partial charge in [-0.25, -0.2) is 0 Å². The number of hydrogen-bond donors (Lipinski definition) is 2. The zero-order valence-corrected chi connectivity index (χ0v) is 11.6. The summed E-state index contributed by atoms with van der Waals surface area (Å²) < 4.78 is 5.52. The van der Waals surface area contributed by atoms with Gasteiger partial charge < -0.3 is 14.8 Å². The molecule has 3 heteroatoms. The summed E-state index contributed by atoms with van der Waals surface area (Å²) in [5.74, 6) is 1.10. The van der Waals surface area contributed by atoms with E-state index in [0.717, 1.165) is 31.4 Å². The Kier molecular flexibility index (Phi) is 4.19. The van der Waals surface area contributed by atoms with Gasteiger partial charge in [-0.05, 0) is 30.9 Å². The molecular formula is C17H21NO2. The molecule has 1 aliphatic rings. The van der Waals surface area contributed by atoms with Crippen LogP contribution in [0.15, 0.2) is 47.1 Å². The van der Waals surface area contributed by atoms with Crippen molar-refractivity contribution in [1.29, 1.82) is 0 Å². The largest absolute Gasteiger partial charge is 0.469 e. The van der Waals surface area contributed by atoms with E-state index in [2.05, 4.69) is 23.5 Å². The van der Waals surface area contributed by atoms with Gasteiger partial charge in [0.25, 0.3) is 0 Å². The van der Waals surface area contributed by atoms with Crippen molar-refractivity contribution in [3.05, 3.63) is 59.5 Å². The van der Waals surface area contributed by atoms with Gasteiger partial charge in [-0.2, -0.15) is 0 Å². The lowest BCUT2D eigenvalue weighted by molar-refractivity contribution is 0.224. The maximum Gasteiger partial charge on any atom is 0.108 e. The van der Waals surface area contributed by atoms with Gasteiger partial charge in [-0.1, -0.05) is 30.3 Å². The zero-order chi connectivity index (χ0) is 13.8. The molecule has 3 nitrogen and oxygen atoms in total. The molecule has 1 aromatic heterocycles. The summed E-state index contributed by atoms with van der Waals surface area (Å²) in [5.41, 5.74) is 2.52. The molecule has 106 valence electrons. The van der Waals surface area contributed by atoms with Gasteiger partial charge in [-0.15, -0.1) is 0 Å². The van der Waals surface area contributed by atoms with Crippen LogP contribution in [0.1, 0.15) is 35.8 Å². The van der Waals surface area contributed by atoms with Crippen LogP contribution in [0.25, 0.3) is 0 Å². The van der Waals surface area contributed by atoms with E-state index in [0.29, 0.717) is 6.04 Å². The molecule has 1 aliphatic carbocycles. The lowest BCUT2D eigenvalue weighted by Crippen LogP contribution is -2.38. The number of aliphatic hydroxyl groups excluding tert-OH is 1. The van der Waals surface area contributed by atoms with E-state index >= 15 is 0 Å². The number of hydrogen-bond acceptors (Lipinski definition) is 3. The van der Waals surface area contributed by atoms with E-state index in [9.17, 15) is 5.11 Å². The lowest BCUT2D eigenvalue weighted by Gasteiger charge is -2.27. The normalized spacial score (nSPS) is 19.6. The van der Waals surface area contributed by atoms with Gasteiger partial charge in [-0.3, -0.25) is 0 Å². The van der Waals surface area contributed by atoms with Crippen molar-refractivity contribution in [2.24, 2.45) is 0 Å². The molecule has 2 aromatic rings. The average molecular weight is 271 g/mol. The van der Waals surface area contributed by atoms with E-state index in [1.54, 1.807) is 6.26 Å². The summed E-state index contributed by atoms with van der Waals surface area (Å²) in [4.78, 5) is 0. The molecule has 0 radical (unpaired) electrons. The third kappa shape index (κ3) is 2.94. The summed E-state index contributed by atoms with van der Waals surface area (Å²) in [6.07, 6.45) is 5.90. The molecule has 1 heterocycles. The number of furan rings is 1. The Balaban J connectivity index is 1.67. The number of rotatable bonds is 5. The molecule has 1 aromatic carbocycles. The Hall–Kier alpha value is -1.58. The van der Waals surface area contributed by atoms with Crippen LogP contribution in [-0.2, 0) is 12.8 Å². The molecule has 0 aliphatic heterocycles. The van der Waals surface area contributed by atoms with Gasteiger partial charge >= 0.3 is 0 Å². The fourth-order valence-corrected chi connectivity index (χ4v) is 3.02. The second-order valence-corrected chi connectivity index (χ2v) is 5.48. The predicted octanol–water partition coefficient (Wildman–Crippen LogP) is 2.85. The third-order valence-electron chi connectivity index (χ3n) is 4.03. The molecule has 3 rings (SSSR count). The molecule has 0 spiro atoms. The van der Waals surface area contributed by atoms with Crippen molar-refractivity contribution >= 4 is 0 Å². The number of aliphatic hydroxyl groups is 1. The van der Waals surface area contributed by atoms with Crippen LogP contribution in [0.4, 0.5) is 0 Å². The summed E-state index contributed by atoms with van der Waals surface area (Å²) in [6, 6.07) is 12.8. The highest BCUT2D eigenvalue weighted by Crippen LogP contribution is 2.30. The number of benzene rings is 1. The van der Waals surface area contributed by atoms with Crippen LogP contribution in [0.3, 0.4) is 0 Å². The highest BCUT2D eigenvalue weighted by molar-refractivity contribution is 5.24. The smallest absolute Gasteiger partial charge is 0.108 e. The Bertz CT molecular complexity index is 535. The molecule has 0 bridgehead atoms. The van der Waals surface area contributed by atoms with Crippen LogP contribution in [0.2, 0.25) is 0 Å². The van der Waals surface area contributed by atoms with Crippen molar-refractivity contribution in [3.8, 4) is 0 Å². The monoisotopic (exact) mass is 271 g/mol. The van der Waals surface area contributed by atoms with Crippen LogP contribution >= 0.6 is 0 Å². The lowest BCUT2D eigenvalue weighted by atomic mass is 9.92. The number of fused-ring (bicyclic) bond motifs is 1. The first-order valence-corrected chi connectivity index (χ1v) is 7.34. The van der Waals surface area contributed by atoms with E-state index < -0.39 is 0 Å². The van der Waals surface area contributed by atoms with Gasteiger partial charge in [0.1, 0.15) is 5.76 Å². The minimum atomic E-state index is 0.0863. The van der Waals surface area contributed by atoms with Gasteiger partial charge in [0.2, 0.25) is 0 Å². The second-order valence-electron chi connectivity index (χ2n) is 5.48. The standard InChI is InChI=1S/C17H21NO2/c19-12-14(11-13-5-2-1-3-6-13)18-16-7-4-8-17-15(16)9-10-20-17/h1-3,5-6,9-10,14,16,18-19H,4,7-8,11-12H2. The Labute approximate surface area is 119 Å². The van der Waals surface area contributed by atoms with Crippen LogP contribution in [0, 0.1) is 0 Å². The molecule has 20 heavy (non-hydrogen) atoms. The molecule has 2 N–H and O–H groups in total. The SMILES string of the molecule is OCC(Cc1ccccc1)NC1CCCc2occc21. The molecule has 0 fully saturated rings. The minimum absolute atomic E-state index is 0.0863. The van der Waals surface area contributed by atoms with Crippen LogP contribution in [0.5, 0.6) is 0 Å².